The van der Waals surface area contributed by atoms with Gasteiger partial charge in [-0.25, -0.2) is 0 Å². The third-order valence-electron chi connectivity index (χ3n) is 3.69. The Balaban J connectivity index is 2.01. The lowest BCUT2D eigenvalue weighted by Gasteiger charge is -2.29. The Labute approximate surface area is 114 Å². The maximum atomic E-state index is 6.18. The summed E-state index contributed by atoms with van der Waals surface area (Å²) in [5, 5.41) is 4.76. The standard InChI is InChI=1S/C14H19Cl2N/c1-10(11-6-3-2-4-7-11)17-13-9-5-8-12(15)14(13)16/h5,8-11,17H,2-4,6-7H2,1H3. The Morgan fingerprint density at radius 3 is 2.59 bits per heavy atom. The Morgan fingerprint density at radius 1 is 1.18 bits per heavy atom. The van der Waals surface area contributed by atoms with Gasteiger partial charge in [0.2, 0.25) is 0 Å². The predicted molar refractivity (Wildman–Crippen MR) is 76.1 cm³/mol. The van der Waals surface area contributed by atoms with Crippen LogP contribution in [0.15, 0.2) is 18.2 Å². The van der Waals surface area contributed by atoms with E-state index < -0.39 is 0 Å². The molecule has 1 unspecified atom stereocenters. The van der Waals surface area contributed by atoms with Gasteiger partial charge in [0.05, 0.1) is 15.7 Å². The van der Waals surface area contributed by atoms with E-state index in [1.165, 1.54) is 32.1 Å². The van der Waals surface area contributed by atoms with Gasteiger partial charge in [-0.3, -0.25) is 0 Å². The van der Waals surface area contributed by atoms with Gasteiger partial charge in [-0.2, -0.15) is 0 Å². The zero-order chi connectivity index (χ0) is 12.3. The van der Waals surface area contributed by atoms with E-state index in [-0.39, 0.29) is 0 Å². The van der Waals surface area contributed by atoms with Crippen LogP contribution in [-0.2, 0) is 0 Å². The monoisotopic (exact) mass is 271 g/mol. The lowest BCUT2D eigenvalue weighted by molar-refractivity contribution is 0.328. The molecule has 17 heavy (non-hydrogen) atoms. The van der Waals surface area contributed by atoms with Crippen LogP contribution in [0.5, 0.6) is 0 Å². The third-order valence-corrected chi connectivity index (χ3v) is 4.51. The first-order valence-electron chi connectivity index (χ1n) is 6.39. The molecule has 0 saturated heterocycles. The van der Waals surface area contributed by atoms with Crippen LogP contribution in [0.1, 0.15) is 39.0 Å². The fraction of sp³-hybridized carbons (Fsp3) is 0.571. The van der Waals surface area contributed by atoms with Gasteiger partial charge in [0.25, 0.3) is 0 Å². The van der Waals surface area contributed by atoms with Gasteiger partial charge >= 0.3 is 0 Å². The molecule has 3 heteroatoms. The summed E-state index contributed by atoms with van der Waals surface area (Å²) in [5.74, 6) is 0.763. The van der Waals surface area contributed by atoms with E-state index in [1.807, 2.05) is 18.2 Å². The molecule has 1 nitrogen and oxygen atoms in total. The highest BCUT2D eigenvalue weighted by atomic mass is 35.5. The lowest BCUT2D eigenvalue weighted by Crippen LogP contribution is -2.27. The second-order valence-electron chi connectivity index (χ2n) is 4.93. The van der Waals surface area contributed by atoms with Crippen molar-refractivity contribution in [1.82, 2.24) is 0 Å². The number of benzene rings is 1. The molecule has 0 aromatic heterocycles. The number of hydrogen-bond donors (Lipinski definition) is 1. The summed E-state index contributed by atoms with van der Waals surface area (Å²) in [6, 6.07) is 6.21. The SMILES string of the molecule is CC(Nc1cccc(Cl)c1Cl)C1CCCCC1. The van der Waals surface area contributed by atoms with Crippen molar-refractivity contribution in [2.24, 2.45) is 5.92 Å². The van der Waals surface area contributed by atoms with Crippen molar-refractivity contribution in [3.63, 3.8) is 0 Å². The highest BCUT2D eigenvalue weighted by Crippen LogP contribution is 2.33. The van der Waals surface area contributed by atoms with Crippen LogP contribution in [0.4, 0.5) is 5.69 Å². The van der Waals surface area contributed by atoms with Crippen molar-refractivity contribution in [2.45, 2.75) is 45.1 Å². The van der Waals surface area contributed by atoms with Gasteiger partial charge in [-0.15, -0.1) is 0 Å². The quantitative estimate of drug-likeness (QED) is 0.779. The molecule has 1 aliphatic rings. The summed E-state index contributed by atoms with van der Waals surface area (Å²) < 4.78 is 0. The van der Waals surface area contributed by atoms with Crippen molar-refractivity contribution in [3.8, 4) is 0 Å². The van der Waals surface area contributed by atoms with E-state index in [0.29, 0.717) is 16.1 Å². The average molecular weight is 272 g/mol. The number of halogens is 2. The Kier molecular flexibility index (Phi) is 4.58. The summed E-state index contributed by atoms with van der Waals surface area (Å²) >= 11 is 12.2. The van der Waals surface area contributed by atoms with Gasteiger partial charge in [-0.05, 0) is 37.8 Å². The van der Waals surface area contributed by atoms with Gasteiger partial charge < -0.3 is 5.32 Å². The Morgan fingerprint density at radius 2 is 1.88 bits per heavy atom. The van der Waals surface area contributed by atoms with E-state index in [9.17, 15) is 0 Å². The minimum Gasteiger partial charge on any atom is -0.381 e. The molecule has 1 saturated carbocycles. The Hall–Kier alpha value is -0.400. The van der Waals surface area contributed by atoms with Crippen LogP contribution in [0.25, 0.3) is 0 Å². The smallest absolute Gasteiger partial charge is 0.0823 e. The van der Waals surface area contributed by atoms with Crippen molar-refractivity contribution in [1.29, 1.82) is 0 Å². The first-order chi connectivity index (χ1) is 8.18. The molecule has 0 amide bonds. The number of anilines is 1. The second kappa shape index (κ2) is 5.97. The molecule has 1 fully saturated rings. The molecule has 1 atom stereocenters. The minimum absolute atomic E-state index is 0.464. The fourth-order valence-electron chi connectivity index (χ4n) is 2.61. The van der Waals surface area contributed by atoms with Crippen LogP contribution in [-0.4, -0.2) is 6.04 Å². The van der Waals surface area contributed by atoms with Gasteiger partial charge in [0.15, 0.2) is 0 Å². The predicted octanol–water partition coefficient (Wildman–Crippen LogP) is 5.37. The maximum absolute atomic E-state index is 6.18. The van der Waals surface area contributed by atoms with Crippen molar-refractivity contribution in [2.75, 3.05) is 5.32 Å². The van der Waals surface area contributed by atoms with Gasteiger partial charge in [-0.1, -0.05) is 48.5 Å². The fourth-order valence-corrected chi connectivity index (χ4v) is 2.97. The van der Waals surface area contributed by atoms with Gasteiger partial charge in [0, 0.05) is 6.04 Å². The number of hydrogen-bond acceptors (Lipinski definition) is 1. The molecular weight excluding hydrogens is 253 g/mol. The Bertz CT molecular complexity index is 372. The highest BCUT2D eigenvalue weighted by Gasteiger charge is 2.20. The summed E-state index contributed by atoms with van der Waals surface area (Å²) in [7, 11) is 0. The number of nitrogens with one attached hydrogen (secondary N) is 1. The molecule has 0 heterocycles. The molecule has 0 radical (unpaired) electrons. The molecule has 1 N–H and O–H groups in total. The molecule has 0 spiro atoms. The first kappa shape index (κ1) is 13.0. The molecule has 94 valence electrons. The summed E-state index contributed by atoms with van der Waals surface area (Å²) in [6.07, 6.45) is 6.76. The van der Waals surface area contributed by atoms with E-state index in [0.717, 1.165) is 11.6 Å². The second-order valence-corrected chi connectivity index (χ2v) is 5.72. The molecule has 1 aliphatic carbocycles. The maximum Gasteiger partial charge on any atom is 0.0823 e. The minimum atomic E-state index is 0.464. The van der Waals surface area contributed by atoms with E-state index in [1.54, 1.807) is 0 Å². The van der Waals surface area contributed by atoms with Crippen LogP contribution in [0, 0.1) is 5.92 Å². The van der Waals surface area contributed by atoms with Crippen LogP contribution < -0.4 is 5.32 Å². The zero-order valence-electron chi connectivity index (χ0n) is 10.2. The zero-order valence-corrected chi connectivity index (χ0v) is 11.7. The van der Waals surface area contributed by atoms with Crippen LogP contribution in [0.2, 0.25) is 10.0 Å². The molecule has 0 aliphatic heterocycles. The summed E-state index contributed by atoms with van der Waals surface area (Å²) in [6.45, 7) is 2.24. The van der Waals surface area contributed by atoms with Crippen molar-refractivity contribution in [3.05, 3.63) is 28.2 Å². The van der Waals surface area contributed by atoms with Crippen LogP contribution in [0.3, 0.4) is 0 Å². The largest absolute Gasteiger partial charge is 0.381 e. The summed E-state index contributed by atoms with van der Waals surface area (Å²) in [5.41, 5.74) is 0.956. The van der Waals surface area contributed by atoms with Crippen molar-refractivity contribution < 1.29 is 0 Å². The topological polar surface area (TPSA) is 12.0 Å². The summed E-state index contributed by atoms with van der Waals surface area (Å²) in [4.78, 5) is 0. The molecular formula is C14H19Cl2N. The lowest BCUT2D eigenvalue weighted by atomic mass is 9.84. The first-order valence-corrected chi connectivity index (χ1v) is 7.14. The molecule has 2 rings (SSSR count). The van der Waals surface area contributed by atoms with Crippen LogP contribution >= 0.6 is 23.2 Å². The number of rotatable bonds is 3. The third kappa shape index (κ3) is 3.29. The highest BCUT2D eigenvalue weighted by molar-refractivity contribution is 6.43. The van der Waals surface area contributed by atoms with E-state index in [2.05, 4.69) is 12.2 Å². The molecule has 1 aromatic rings. The van der Waals surface area contributed by atoms with E-state index >= 15 is 0 Å². The molecule has 1 aromatic carbocycles. The average Bonchev–Trinajstić information content (AvgIpc) is 2.36. The van der Waals surface area contributed by atoms with Gasteiger partial charge in [0.1, 0.15) is 0 Å². The van der Waals surface area contributed by atoms with Crippen molar-refractivity contribution >= 4 is 28.9 Å². The molecule has 0 bridgehead atoms. The van der Waals surface area contributed by atoms with E-state index in [4.69, 9.17) is 23.2 Å². The normalized spacial score (nSPS) is 19.0.